The number of nitrogens with two attached hydrogens (primary N) is 1. The minimum Gasteiger partial charge on any atom is -0.391 e. The lowest BCUT2D eigenvalue weighted by atomic mass is 10.3. The number of nitrogen functional groups attached to an aromatic ring is 1. The predicted octanol–water partition coefficient (Wildman–Crippen LogP) is 0.113. The number of aromatic nitrogens is 1. The smallest absolute Gasteiger partial charge is 0.303 e. The second kappa shape index (κ2) is 1.97. The summed E-state index contributed by atoms with van der Waals surface area (Å²) in [6.45, 7) is 1.86. The summed E-state index contributed by atoms with van der Waals surface area (Å²) >= 11 is 0. The van der Waals surface area contributed by atoms with E-state index in [2.05, 4.69) is 9.68 Å². The minimum atomic E-state index is -0.341. The van der Waals surface area contributed by atoms with Crippen LogP contribution in [0.5, 0.6) is 0 Å². The Bertz CT molecular complexity index is 248. The van der Waals surface area contributed by atoms with Crippen LogP contribution in [0.15, 0.2) is 9.32 Å². The third-order valence-corrected chi connectivity index (χ3v) is 1.13. The molecule has 0 aliphatic carbocycles. The fourth-order valence-corrected chi connectivity index (χ4v) is 0.607. The van der Waals surface area contributed by atoms with Crippen molar-refractivity contribution in [1.82, 2.24) is 5.16 Å². The largest absolute Gasteiger partial charge is 0.391 e. The summed E-state index contributed by atoms with van der Waals surface area (Å²) < 4.78 is 4.68. The Labute approximate surface area is 51.6 Å². The van der Waals surface area contributed by atoms with E-state index in [1.165, 1.54) is 0 Å². The van der Waals surface area contributed by atoms with Crippen LogP contribution in [0.2, 0.25) is 0 Å². The first-order valence-electron chi connectivity index (χ1n) is 2.71. The molecule has 1 heterocycles. The fourth-order valence-electron chi connectivity index (χ4n) is 0.607. The van der Waals surface area contributed by atoms with E-state index in [-0.39, 0.29) is 11.2 Å². The molecule has 0 aliphatic rings. The summed E-state index contributed by atoms with van der Waals surface area (Å²) in [4.78, 5) is 10.5. The van der Waals surface area contributed by atoms with E-state index in [4.69, 9.17) is 5.73 Å². The van der Waals surface area contributed by atoms with Gasteiger partial charge in [-0.3, -0.25) is 4.79 Å². The van der Waals surface area contributed by atoms with Gasteiger partial charge in [0.1, 0.15) is 5.69 Å². The second-order valence-corrected chi connectivity index (χ2v) is 1.72. The van der Waals surface area contributed by atoms with Crippen molar-refractivity contribution < 1.29 is 4.52 Å². The van der Waals surface area contributed by atoms with E-state index in [0.29, 0.717) is 12.2 Å². The zero-order chi connectivity index (χ0) is 6.85. The van der Waals surface area contributed by atoms with Crippen LogP contribution in [0.4, 0.5) is 5.69 Å². The van der Waals surface area contributed by atoms with Gasteiger partial charge in [-0.15, -0.1) is 0 Å². The highest BCUT2D eigenvalue weighted by Crippen LogP contribution is 2.03. The highest BCUT2D eigenvalue weighted by molar-refractivity contribution is 5.37. The van der Waals surface area contributed by atoms with E-state index >= 15 is 0 Å². The van der Waals surface area contributed by atoms with Crippen LogP contribution in [0.3, 0.4) is 0 Å². The second-order valence-electron chi connectivity index (χ2n) is 1.72. The van der Waals surface area contributed by atoms with Crippen molar-refractivity contribution in [3.63, 3.8) is 0 Å². The molecule has 0 fully saturated rings. The molecule has 0 aliphatic heterocycles. The Hall–Kier alpha value is -1.19. The number of aryl methyl sites for hydroxylation is 1. The molecular weight excluding hydrogens is 120 g/mol. The Kier molecular flexibility index (Phi) is 1.30. The zero-order valence-corrected chi connectivity index (χ0v) is 5.10. The molecule has 0 aromatic carbocycles. The molecule has 0 atom stereocenters. The van der Waals surface area contributed by atoms with Crippen molar-refractivity contribution >= 4 is 5.69 Å². The first-order valence-corrected chi connectivity index (χ1v) is 2.71. The van der Waals surface area contributed by atoms with E-state index in [1.807, 2.05) is 6.92 Å². The van der Waals surface area contributed by atoms with Crippen LogP contribution in [0, 0.1) is 0 Å². The van der Waals surface area contributed by atoms with Gasteiger partial charge in [-0.2, -0.15) is 5.16 Å². The van der Waals surface area contributed by atoms with Gasteiger partial charge in [-0.25, -0.2) is 0 Å². The van der Waals surface area contributed by atoms with E-state index in [1.54, 1.807) is 0 Å². The van der Waals surface area contributed by atoms with Gasteiger partial charge in [0.05, 0.1) is 0 Å². The van der Waals surface area contributed by atoms with Gasteiger partial charge in [0, 0.05) is 6.42 Å². The molecule has 1 rings (SSSR count). The normalized spacial score (nSPS) is 9.89. The molecule has 0 bridgehead atoms. The van der Waals surface area contributed by atoms with Crippen molar-refractivity contribution in [3.8, 4) is 0 Å². The van der Waals surface area contributed by atoms with Gasteiger partial charge in [0.2, 0.25) is 0 Å². The molecule has 0 unspecified atom stereocenters. The molecule has 0 saturated heterocycles. The van der Waals surface area contributed by atoms with Gasteiger partial charge in [-0.1, -0.05) is 6.92 Å². The molecule has 0 amide bonds. The Morgan fingerprint density at radius 3 is 2.67 bits per heavy atom. The summed E-state index contributed by atoms with van der Waals surface area (Å²) in [6, 6.07) is 0. The molecular formula is C5H8N2O2. The summed E-state index contributed by atoms with van der Waals surface area (Å²) in [5.74, 6) is 0.528. The third-order valence-electron chi connectivity index (χ3n) is 1.13. The highest BCUT2D eigenvalue weighted by atomic mass is 16.5. The third kappa shape index (κ3) is 0.826. The molecule has 0 spiro atoms. The lowest BCUT2D eigenvalue weighted by molar-refractivity contribution is 0.382. The topological polar surface area (TPSA) is 72.0 Å². The molecule has 1 aromatic rings. The van der Waals surface area contributed by atoms with Crippen LogP contribution in [-0.4, -0.2) is 5.16 Å². The van der Waals surface area contributed by atoms with Crippen LogP contribution < -0.4 is 11.3 Å². The average molecular weight is 128 g/mol. The van der Waals surface area contributed by atoms with Gasteiger partial charge < -0.3 is 10.3 Å². The van der Waals surface area contributed by atoms with Gasteiger partial charge >= 0.3 is 5.56 Å². The van der Waals surface area contributed by atoms with E-state index in [0.717, 1.165) is 0 Å². The molecule has 0 saturated carbocycles. The summed E-state index contributed by atoms with van der Waals surface area (Å²) in [5.41, 5.74) is 5.13. The number of H-pyrrole nitrogens is 1. The maximum Gasteiger partial charge on any atom is 0.303 e. The molecule has 4 nitrogen and oxygen atoms in total. The summed E-state index contributed by atoms with van der Waals surface area (Å²) in [5, 5.41) is 2.13. The molecule has 9 heavy (non-hydrogen) atoms. The first-order chi connectivity index (χ1) is 4.25. The summed E-state index contributed by atoms with van der Waals surface area (Å²) in [7, 11) is 0. The average Bonchev–Trinajstić information content (AvgIpc) is 2.15. The molecule has 1 aromatic heterocycles. The molecule has 0 radical (unpaired) electrons. The van der Waals surface area contributed by atoms with Crippen molar-refractivity contribution in [2.24, 2.45) is 0 Å². The Balaban J connectivity index is 3.20. The number of anilines is 1. The maximum absolute atomic E-state index is 10.5. The number of nitrogens with one attached hydrogen (secondary N) is 1. The predicted molar refractivity (Wildman–Crippen MR) is 33.1 cm³/mol. The van der Waals surface area contributed by atoms with Gasteiger partial charge in [0.25, 0.3) is 0 Å². The van der Waals surface area contributed by atoms with E-state index in [9.17, 15) is 4.79 Å². The quantitative estimate of drug-likeness (QED) is 0.564. The number of aromatic amines is 1. The van der Waals surface area contributed by atoms with Crippen LogP contribution in [-0.2, 0) is 6.42 Å². The summed E-state index contributed by atoms with van der Waals surface area (Å²) in [6.07, 6.45) is 0.643. The van der Waals surface area contributed by atoms with Crippen molar-refractivity contribution in [2.45, 2.75) is 13.3 Å². The van der Waals surface area contributed by atoms with Crippen LogP contribution in [0.1, 0.15) is 12.7 Å². The van der Waals surface area contributed by atoms with E-state index < -0.39 is 0 Å². The SMILES string of the molecule is CCc1o[nH]c(=O)c1N. The zero-order valence-electron chi connectivity index (χ0n) is 5.10. The molecule has 4 heteroatoms. The Morgan fingerprint density at radius 1 is 1.78 bits per heavy atom. The fraction of sp³-hybridized carbons (Fsp3) is 0.400. The standard InChI is InChI=1S/C5H8N2O2/c1-2-3-4(6)5(8)7-9-3/h2,6H2,1H3,(H,7,8). The first kappa shape index (κ1) is 5.94. The van der Waals surface area contributed by atoms with Crippen molar-refractivity contribution in [1.29, 1.82) is 0 Å². The lowest BCUT2D eigenvalue weighted by Crippen LogP contribution is -2.04. The number of hydrogen-bond acceptors (Lipinski definition) is 3. The highest BCUT2D eigenvalue weighted by Gasteiger charge is 2.03. The maximum atomic E-state index is 10.5. The molecule has 3 N–H and O–H groups in total. The number of rotatable bonds is 1. The van der Waals surface area contributed by atoms with Crippen molar-refractivity contribution in [3.05, 3.63) is 16.1 Å². The van der Waals surface area contributed by atoms with Crippen LogP contribution >= 0.6 is 0 Å². The van der Waals surface area contributed by atoms with Gasteiger partial charge in [0.15, 0.2) is 5.76 Å². The Morgan fingerprint density at radius 2 is 2.44 bits per heavy atom. The van der Waals surface area contributed by atoms with Gasteiger partial charge in [-0.05, 0) is 0 Å². The van der Waals surface area contributed by atoms with Crippen molar-refractivity contribution in [2.75, 3.05) is 5.73 Å². The molecule has 50 valence electrons. The number of hydrogen-bond donors (Lipinski definition) is 2. The lowest BCUT2D eigenvalue weighted by Gasteiger charge is -1.83. The van der Waals surface area contributed by atoms with Crippen LogP contribution in [0.25, 0.3) is 0 Å². The monoisotopic (exact) mass is 128 g/mol. The minimum absolute atomic E-state index is 0.192.